The maximum Gasteiger partial charge on any atom is 0.0587 e. The molecular formula is C12H22N2O. The highest BCUT2D eigenvalue weighted by molar-refractivity contribution is 5.14. The zero-order valence-electron chi connectivity index (χ0n) is 9.99. The first-order valence-corrected chi connectivity index (χ1v) is 5.66. The van der Waals surface area contributed by atoms with Crippen LogP contribution in [0.4, 0.5) is 0 Å². The Morgan fingerprint density at radius 2 is 2.33 bits per heavy atom. The van der Waals surface area contributed by atoms with Gasteiger partial charge in [-0.2, -0.15) is 0 Å². The van der Waals surface area contributed by atoms with Crippen molar-refractivity contribution in [3.8, 4) is 0 Å². The number of ether oxygens (including phenoxy) is 1. The van der Waals surface area contributed by atoms with Crippen LogP contribution in [-0.2, 0) is 11.3 Å². The van der Waals surface area contributed by atoms with E-state index in [1.807, 2.05) is 0 Å². The van der Waals surface area contributed by atoms with Crippen molar-refractivity contribution in [1.29, 1.82) is 0 Å². The SMILES string of the molecule is CCCn1ccc([C@H](C)NCCOC)c1. The first-order valence-electron chi connectivity index (χ1n) is 5.66. The van der Waals surface area contributed by atoms with Gasteiger partial charge in [0.1, 0.15) is 0 Å². The summed E-state index contributed by atoms with van der Waals surface area (Å²) in [5.41, 5.74) is 1.35. The summed E-state index contributed by atoms with van der Waals surface area (Å²) in [4.78, 5) is 0. The summed E-state index contributed by atoms with van der Waals surface area (Å²) in [5.74, 6) is 0. The molecule has 3 nitrogen and oxygen atoms in total. The van der Waals surface area contributed by atoms with Crippen LogP contribution in [0, 0.1) is 0 Å². The predicted molar refractivity (Wildman–Crippen MR) is 63.0 cm³/mol. The molecule has 0 aliphatic carbocycles. The second kappa shape index (κ2) is 6.64. The molecule has 1 atom stereocenters. The molecule has 0 spiro atoms. The number of rotatable bonds is 7. The number of aromatic nitrogens is 1. The van der Waals surface area contributed by atoms with Crippen LogP contribution in [0.3, 0.4) is 0 Å². The molecule has 0 saturated carbocycles. The number of hydrogen-bond acceptors (Lipinski definition) is 2. The van der Waals surface area contributed by atoms with E-state index in [0.717, 1.165) is 19.7 Å². The summed E-state index contributed by atoms with van der Waals surface area (Å²) in [6, 6.07) is 2.58. The lowest BCUT2D eigenvalue weighted by molar-refractivity contribution is 0.196. The van der Waals surface area contributed by atoms with E-state index in [0.29, 0.717) is 6.04 Å². The van der Waals surface area contributed by atoms with Crippen molar-refractivity contribution in [1.82, 2.24) is 9.88 Å². The van der Waals surface area contributed by atoms with Crippen molar-refractivity contribution in [2.45, 2.75) is 32.9 Å². The van der Waals surface area contributed by atoms with Crippen LogP contribution in [0.15, 0.2) is 18.5 Å². The molecule has 86 valence electrons. The van der Waals surface area contributed by atoms with Crippen molar-refractivity contribution >= 4 is 0 Å². The number of hydrogen-bond donors (Lipinski definition) is 1. The molecule has 1 aromatic heterocycles. The fourth-order valence-electron chi connectivity index (χ4n) is 1.61. The molecule has 3 heteroatoms. The van der Waals surface area contributed by atoms with Crippen LogP contribution in [0.2, 0.25) is 0 Å². The van der Waals surface area contributed by atoms with Gasteiger partial charge < -0.3 is 14.6 Å². The lowest BCUT2D eigenvalue weighted by Crippen LogP contribution is -2.22. The van der Waals surface area contributed by atoms with Gasteiger partial charge >= 0.3 is 0 Å². The van der Waals surface area contributed by atoms with E-state index in [1.54, 1.807) is 7.11 Å². The number of aryl methyl sites for hydroxylation is 1. The average Bonchev–Trinajstić information content (AvgIpc) is 2.67. The number of methoxy groups -OCH3 is 1. The van der Waals surface area contributed by atoms with Crippen LogP contribution in [-0.4, -0.2) is 24.8 Å². The molecule has 1 rings (SSSR count). The molecule has 15 heavy (non-hydrogen) atoms. The molecule has 0 fully saturated rings. The van der Waals surface area contributed by atoms with Crippen LogP contribution >= 0.6 is 0 Å². The standard InChI is InChI=1S/C12H22N2O/c1-4-7-14-8-5-12(10-14)11(2)13-6-9-15-3/h5,8,10-11,13H,4,6-7,9H2,1-3H3/t11-/m0/s1. The summed E-state index contributed by atoms with van der Waals surface area (Å²) in [7, 11) is 1.73. The monoisotopic (exact) mass is 210 g/mol. The molecule has 0 aliphatic rings. The topological polar surface area (TPSA) is 26.2 Å². The van der Waals surface area contributed by atoms with Gasteiger partial charge in [-0.25, -0.2) is 0 Å². The molecule has 0 aliphatic heterocycles. The van der Waals surface area contributed by atoms with Gasteiger partial charge in [0.15, 0.2) is 0 Å². The smallest absolute Gasteiger partial charge is 0.0587 e. The Hall–Kier alpha value is -0.800. The lowest BCUT2D eigenvalue weighted by atomic mass is 10.2. The number of nitrogens with zero attached hydrogens (tertiary/aromatic N) is 1. The Labute approximate surface area is 92.4 Å². The summed E-state index contributed by atoms with van der Waals surface area (Å²) < 4.78 is 7.24. The van der Waals surface area contributed by atoms with Crippen molar-refractivity contribution in [3.05, 3.63) is 24.0 Å². The maximum absolute atomic E-state index is 5.00. The Morgan fingerprint density at radius 1 is 1.53 bits per heavy atom. The van der Waals surface area contributed by atoms with E-state index in [4.69, 9.17) is 4.74 Å². The second-order valence-electron chi connectivity index (χ2n) is 3.85. The maximum atomic E-state index is 5.00. The van der Waals surface area contributed by atoms with Crippen LogP contribution in [0.1, 0.15) is 31.9 Å². The highest BCUT2D eigenvalue weighted by atomic mass is 16.5. The van der Waals surface area contributed by atoms with Gasteiger partial charge in [0, 0.05) is 38.6 Å². The largest absolute Gasteiger partial charge is 0.383 e. The Balaban J connectivity index is 2.39. The van der Waals surface area contributed by atoms with Gasteiger partial charge in [0.25, 0.3) is 0 Å². The number of nitrogens with one attached hydrogen (secondary N) is 1. The first-order chi connectivity index (χ1) is 7.27. The van der Waals surface area contributed by atoms with E-state index in [9.17, 15) is 0 Å². The minimum absolute atomic E-state index is 0.401. The van der Waals surface area contributed by atoms with Crippen molar-refractivity contribution in [2.24, 2.45) is 0 Å². The van der Waals surface area contributed by atoms with Gasteiger partial charge in [-0.3, -0.25) is 0 Å². The second-order valence-corrected chi connectivity index (χ2v) is 3.85. The molecule has 0 amide bonds. The van der Waals surface area contributed by atoms with E-state index in [2.05, 4.69) is 42.2 Å². The van der Waals surface area contributed by atoms with Gasteiger partial charge in [0.2, 0.25) is 0 Å². The predicted octanol–water partition coefficient (Wildman–Crippen LogP) is 2.20. The minimum atomic E-state index is 0.401. The Morgan fingerprint density at radius 3 is 3.00 bits per heavy atom. The van der Waals surface area contributed by atoms with E-state index < -0.39 is 0 Å². The molecular weight excluding hydrogens is 188 g/mol. The summed E-state index contributed by atoms with van der Waals surface area (Å²) in [6.45, 7) is 7.14. The molecule has 0 radical (unpaired) electrons. The molecule has 0 bridgehead atoms. The third kappa shape index (κ3) is 4.06. The van der Waals surface area contributed by atoms with Crippen molar-refractivity contribution in [2.75, 3.05) is 20.3 Å². The third-order valence-corrected chi connectivity index (χ3v) is 2.51. The summed E-state index contributed by atoms with van der Waals surface area (Å²) in [6.07, 6.45) is 5.54. The quantitative estimate of drug-likeness (QED) is 0.698. The van der Waals surface area contributed by atoms with Gasteiger partial charge in [-0.05, 0) is 25.0 Å². The average molecular weight is 210 g/mol. The molecule has 0 unspecified atom stereocenters. The Bertz CT molecular complexity index is 270. The highest BCUT2D eigenvalue weighted by Gasteiger charge is 2.05. The minimum Gasteiger partial charge on any atom is -0.383 e. The fraction of sp³-hybridized carbons (Fsp3) is 0.667. The van der Waals surface area contributed by atoms with Gasteiger partial charge in [-0.15, -0.1) is 0 Å². The van der Waals surface area contributed by atoms with Crippen molar-refractivity contribution < 1.29 is 4.74 Å². The zero-order chi connectivity index (χ0) is 11.1. The first kappa shape index (κ1) is 12.3. The summed E-state index contributed by atoms with van der Waals surface area (Å²) >= 11 is 0. The normalized spacial score (nSPS) is 13.0. The molecule has 1 N–H and O–H groups in total. The van der Waals surface area contributed by atoms with E-state index >= 15 is 0 Å². The van der Waals surface area contributed by atoms with Crippen LogP contribution in [0.25, 0.3) is 0 Å². The zero-order valence-corrected chi connectivity index (χ0v) is 9.99. The molecule has 1 aromatic rings. The lowest BCUT2D eigenvalue weighted by Gasteiger charge is -2.11. The summed E-state index contributed by atoms with van der Waals surface area (Å²) in [5, 5.41) is 3.42. The molecule has 0 saturated heterocycles. The fourth-order valence-corrected chi connectivity index (χ4v) is 1.61. The van der Waals surface area contributed by atoms with Gasteiger partial charge in [0.05, 0.1) is 6.61 Å². The van der Waals surface area contributed by atoms with E-state index in [-0.39, 0.29) is 0 Å². The Kier molecular flexibility index (Phi) is 5.43. The van der Waals surface area contributed by atoms with Gasteiger partial charge in [-0.1, -0.05) is 6.92 Å². The van der Waals surface area contributed by atoms with E-state index in [1.165, 1.54) is 12.0 Å². The molecule has 1 heterocycles. The molecule has 0 aromatic carbocycles. The van der Waals surface area contributed by atoms with Crippen LogP contribution < -0.4 is 5.32 Å². The highest BCUT2D eigenvalue weighted by Crippen LogP contribution is 2.12. The van der Waals surface area contributed by atoms with Crippen molar-refractivity contribution in [3.63, 3.8) is 0 Å². The van der Waals surface area contributed by atoms with Crippen LogP contribution in [0.5, 0.6) is 0 Å². The third-order valence-electron chi connectivity index (χ3n) is 2.51.